The number of anilines is 1. The van der Waals surface area contributed by atoms with Crippen LogP contribution in [0.5, 0.6) is 0 Å². The Morgan fingerprint density at radius 3 is 2.60 bits per heavy atom. The maximum Gasteiger partial charge on any atom is 0.313 e. The first kappa shape index (κ1) is 19.0. The Balaban J connectivity index is 2.04. The minimum atomic E-state index is -0.672. The lowest BCUT2D eigenvalue weighted by atomic mass is 10.2. The first-order chi connectivity index (χ1) is 11.8. The number of aromatic nitrogens is 1. The van der Waals surface area contributed by atoms with Crippen molar-refractivity contribution in [3.05, 3.63) is 30.5 Å². The SMILES string of the molecule is CC(C)Cn1ccc2cc(NC(=O)C(=O)N(C)CCC(C)O)ccc21. The van der Waals surface area contributed by atoms with Gasteiger partial charge in [-0.15, -0.1) is 0 Å². The van der Waals surface area contributed by atoms with Gasteiger partial charge in [0.2, 0.25) is 0 Å². The molecule has 25 heavy (non-hydrogen) atoms. The highest BCUT2D eigenvalue weighted by Crippen LogP contribution is 2.21. The van der Waals surface area contributed by atoms with Gasteiger partial charge in [-0.3, -0.25) is 9.59 Å². The van der Waals surface area contributed by atoms with Gasteiger partial charge in [0, 0.05) is 42.9 Å². The van der Waals surface area contributed by atoms with Gasteiger partial charge in [0.1, 0.15) is 0 Å². The molecule has 6 nitrogen and oxygen atoms in total. The average molecular weight is 345 g/mol. The van der Waals surface area contributed by atoms with Crippen molar-refractivity contribution in [2.75, 3.05) is 18.9 Å². The smallest absolute Gasteiger partial charge is 0.313 e. The fourth-order valence-electron chi connectivity index (χ4n) is 2.67. The number of carbonyl (C=O) groups is 2. The number of carbonyl (C=O) groups excluding carboxylic acids is 2. The first-order valence-corrected chi connectivity index (χ1v) is 8.61. The highest BCUT2D eigenvalue weighted by molar-refractivity contribution is 6.39. The predicted octanol–water partition coefficient (Wildman–Crippen LogP) is 2.47. The zero-order valence-corrected chi connectivity index (χ0v) is 15.3. The lowest BCUT2D eigenvalue weighted by Gasteiger charge is -2.17. The molecule has 2 aromatic rings. The van der Waals surface area contributed by atoms with Crippen molar-refractivity contribution in [1.29, 1.82) is 0 Å². The summed E-state index contributed by atoms with van der Waals surface area (Å²) in [6, 6.07) is 7.63. The summed E-state index contributed by atoms with van der Waals surface area (Å²) < 4.78 is 2.18. The van der Waals surface area contributed by atoms with Crippen LogP contribution < -0.4 is 5.32 Å². The number of benzene rings is 1. The zero-order chi connectivity index (χ0) is 18.6. The topological polar surface area (TPSA) is 74.6 Å². The van der Waals surface area contributed by atoms with Gasteiger partial charge < -0.3 is 19.9 Å². The third kappa shape index (κ3) is 5.06. The third-order valence-electron chi connectivity index (χ3n) is 4.01. The lowest BCUT2D eigenvalue weighted by Crippen LogP contribution is -2.38. The molecular weight excluding hydrogens is 318 g/mol. The second-order valence-electron chi connectivity index (χ2n) is 6.95. The monoisotopic (exact) mass is 345 g/mol. The minimum Gasteiger partial charge on any atom is -0.393 e. The molecule has 1 aromatic heterocycles. The number of rotatable bonds is 6. The number of amides is 2. The zero-order valence-electron chi connectivity index (χ0n) is 15.3. The molecule has 2 rings (SSSR count). The van der Waals surface area contributed by atoms with Gasteiger partial charge in [-0.05, 0) is 43.5 Å². The molecule has 6 heteroatoms. The molecule has 2 N–H and O–H groups in total. The van der Waals surface area contributed by atoms with Crippen molar-refractivity contribution in [3.8, 4) is 0 Å². The van der Waals surface area contributed by atoms with E-state index >= 15 is 0 Å². The van der Waals surface area contributed by atoms with Crippen molar-refractivity contribution < 1.29 is 14.7 Å². The Kier molecular flexibility index (Phi) is 6.20. The van der Waals surface area contributed by atoms with Crippen LogP contribution in [-0.4, -0.2) is 46.1 Å². The molecule has 0 spiro atoms. The van der Waals surface area contributed by atoms with Crippen molar-refractivity contribution in [3.63, 3.8) is 0 Å². The standard InChI is InChI=1S/C19H27N3O3/c1-13(2)12-22-10-8-15-11-16(5-6-17(15)22)20-18(24)19(25)21(4)9-7-14(3)23/h5-6,8,10-11,13-14,23H,7,9,12H2,1-4H3,(H,20,24). The van der Waals surface area contributed by atoms with Gasteiger partial charge in [-0.1, -0.05) is 13.8 Å². The summed E-state index contributed by atoms with van der Waals surface area (Å²) in [5.41, 5.74) is 1.70. The number of aliphatic hydroxyl groups is 1. The quantitative estimate of drug-likeness (QED) is 0.790. The Hall–Kier alpha value is -2.34. The molecule has 136 valence electrons. The Bertz CT molecular complexity index is 749. The van der Waals surface area contributed by atoms with Gasteiger partial charge in [0.25, 0.3) is 0 Å². The second kappa shape index (κ2) is 8.16. The molecule has 1 heterocycles. The molecule has 0 aliphatic carbocycles. The minimum absolute atomic E-state index is 0.334. The second-order valence-corrected chi connectivity index (χ2v) is 6.95. The van der Waals surface area contributed by atoms with Crippen LogP contribution in [0, 0.1) is 5.92 Å². The van der Waals surface area contributed by atoms with Crippen LogP contribution in [0.3, 0.4) is 0 Å². The lowest BCUT2D eigenvalue weighted by molar-refractivity contribution is -0.142. The molecule has 1 atom stereocenters. The largest absolute Gasteiger partial charge is 0.393 e. The van der Waals surface area contributed by atoms with Crippen LogP contribution in [0.4, 0.5) is 5.69 Å². The van der Waals surface area contributed by atoms with E-state index in [1.807, 2.05) is 24.4 Å². The van der Waals surface area contributed by atoms with Crippen molar-refractivity contribution in [2.24, 2.45) is 5.92 Å². The van der Waals surface area contributed by atoms with E-state index in [4.69, 9.17) is 0 Å². The van der Waals surface area contributed by atoms with E-state index in [2.05, 4.69) is 23.7 Å². The van der Waals surface area contributed by atoms with Crippen LogP contribution in [0.2, 0.25) is 0 Å². The van der Waals surface area contributed by atoms with Gasteiger partial charge >= 0.3 is 11.8 Å². The molecule has 0 aliphatic rings. The van der Waals surface area contributed by atoms with E-state index in [0.29, 0.717) is 24.6 Å². The summed E-state index contributed by atoms with van der Waals surface area (Å²) in [5.74, 6) is -0.739. The van der Waals surface area contributed by atoms with Crippen LogP contribution >= 0.6 is 0 Å². The molecule has 0 saturated heterocycles. The molecular formula is C19H27N3O3. The number of nitrogens with zero attached hydrogens (tertiary/aromatic N) is 2. The number of hydrogen-bond donors (Lipinski definition) is 2. The van der Waals surface area contributed by atoms with Crippen molar-refractivity contribution >= 4 is 28.4 Å². The first-order valence-electron chi connectivity index (χ1n) is 8.61. The van der Waals surface area contributed by atoms with Crippen LogP contribution in [-0.2, 0) is 16.1 Å². The van der Waals surface area contributed by atoms with Crippen molar-refractivity contribution in [2.45, 2.75) is 39.8 Å². The maximum absolute atomic E-state index is 12.1. The molecule has 0 bridgehead atoms. The predicted molar refractivity (Wildman–Crippen MR) is 99.3 cm³/mol. The van der Waals surface area contributed by atoms with Crippen LogP contribution in [0.15, 0.2) is 30.5 Å². The Morgan fingerprint density at radius 2 is 1.96 bits per heavy atom. The highest BCUT2D eigenvalue weighted by Gasteiger charge is 2.19. The molecule has 0 aliphatic heterocycles. The molecule has 1 unspecified atom stereocenters. The maximum atomic E-state index is 12.1. The Labute approximate surface area is 148 Å². The van der Waals surface area contributed by atoms with Gasteiger partial charge in [-0.25, -0.2) is 0 Å². The summed E-state index contributed by atoms with van der Waals surface area (Å²) >= 11 is 0. The summed E-state index contributed by atoms with van der Waals surface area (Å²) in [5, 5.41) is 12.9. The van der Waals surface area contributed by atoms with Gasteiger partial charge in [0.05, 0.1) is 6.10 Å². The van der Waals surface area contributed by atoms with E-state index in [0.717, 1.165) is 17.4 Å². The van der Waals surface area contributed by atoms with E-state index < -0.39 is 17.9 Å². The van der Waals surface area contributed by atoms with Gasteiger partial charge in [0.15, 0.2) is 0 Å². The summed E-state index contributed by atoms with van der Waals surface area (Å²) in [6.45, 7) is 7.25. The Morgan fingerprint density at radius 1 is 1.24 bits per heavy atom. The molecule has 0 radical (unpaired) electrons. The van der Waals surface area contributed by atoms with E-state index in [1.165, 1.54) is 4.90 Å². The van der Waals surface area contributed by atoms with E-state index in [-0.39, 0.29) is 0 Å². The van der Waals surface area contributed by atoms with E-state index in [9.17, 15) is 14.7 Å². The average Bonchev–Trinajstić information content (AvgIpc) is 2.93. The fraction of sp³-hybridized carbons (Fsp3) is 0.474. The summed E-state index contributed by atoms with van der Waals surface area (Å²) in [7, 11) is 1.56. The molecule has 1 aromatic carbocycles. The summed E-state index contributed by atoms with van der Waals surface area (Å²) in [6.07, 6.45) is 1.96. The number of likely N-dealkylation sites (N-methyl/N-ethyl adjacent to an activating group) is 1. The van der Waals surface area contributed by atoms with Gasteiger partial charge in [-0.2, -0.15) is 0 Å². The summed E-state index contributed by atoms with van der Waals surface area (Å²) in [4.78, 5) is 25.5. The number of aliphatic hydroxyl groups excluding tert-OH is 1. The van der Waals surface area contributed by atoms with Crippen LogP contribution in [0.25, 0.3) is 10.9 Å². The molecule has 0 fully saturated rings. The number of fused-ring (bicyclic) bond motifs is 1. The normalized spacial score (nSPS) is 12.4. The molecule has 0 saturated carbocycles. The molecule has 2 amide bonds. The third-order valence-corrected chi connectivity index (χ3v) is 4.01. The fourth-order valence-corrected chi connectivity index (χ4v) is 2.67. The van der Waals surface area contributed by atoms with E-state index in [1.54, 1.807) is 20.0 Å². The number of nitrogens with one attached hydrogen (secondary N) is 1. The number of hydrogen-bond acceptors (Lipinski definition) is 3. The van der Waals surface area contributed by atoms with Crippen LogP contribution in [0.1, 0.15) is 27.2 Å². The highest BCUT2D eigenvalue weighted by atomic mass is 16.3. The van der Waals surface area contributed by atoms with Crippen molar-refractivity contribution in [1.82, 2.24) is 9.47 Å².